The number of nitrogens with zero attached hydrogens (tertiary/aromatic N) is 2. The average Bonchev–Trinajstić information content (AvgIpc) is 3.21. The monoisotopic (exact) mass is 349 g/mol. The van der Waals surface area contributed by atoms with Crippen LogP contribution in [0.3, 0.4) is 0 Å². The van der Waals surface area contributed by atoms with E-state index in [4.69, 9.17) is 25.8 Å². The lowest BCUT2D eigenvalue weighted by Gasteiger charge is -2.22. The number of halogens is 1. The predicted octanol–water partition coefficient (Wildman–Crippen LogP) is 2.46. The molecule has 1 N–H and O–H groups in total. The van der Waals surface area contributed by atoms with Gasteiger partial charge in [-0.2, -0.15) is 0 Å². The predicted molar refractivity (Wildman–Crippen MR) is 89.6 cm³/mol. The first kappa shape index (κ1) is 15.7. The molecule has 128 valence electrons. The molecular formula is C17H20ClN3O3. The Labute approximate surface area is 145 Å². The zero-order chi connectivity index (χ0) is 16.5. The molecule has 1 aromatic carbocycles. The highest BCUT2D eigenvalue weighted by Gasteiger charge is 2.32. The molecule has 0 spiro atoms. The van der Waals surface area contributed by atoms with Crippen LogP contribution < -0.4 is 14.8 Å². The largest absolute Gasteiger partial charge is 0.486 e. The van der Waals surface area contributed by atoms with E-state index >= 15 is 0 Å². The van der Waals surface area contributed by atoms with Gasteiger partial charge in [-0.15, -0.1) is 0 Å². The molecule has 0 bridgehead atoms. The Hall–Kier alpha value is -1.76. The van der Waals surface area contributed by atoms with Gasteiger partial charge in [-0.25, -0.2) is 4.98 Å². The van der Waals surface area contributed by atoms with E-state index in [-0.39, 0.29) is 12.1 Å². The second-order valence-corrected chi connectivity index (χ2v) is 6.47. The van der Waals surface area contributed by atoms with Crippen molar-refractivity contribution in [3.05, 3.63) is 40.9 Å². The van der Waals surface area contributed by atoms with Gasteiger partial charge in [-0.05, 0) is 24.1 Å². The van der Waals surface area contributed by atoms with Crippen molar-refractivity contribution in [2.75, 3.05) is 19.8 Å². The molecule has 4 rings (SSSR count). The minimum Gasteiger partial charge on any atom is -0.486 e. The van der Waals surface area contributed by atoms with Crippen LogP contribution in [0.1, 0.15) is 23.9 Å². The van der Waals surface area contributed by atoms with E-state index in [9.17, 15) is 0 Å². The number of aromatic nitrogens is 2. The smallest absolute Gasteiger partial charge is 0.179 e. The highest BCUT2D eigenvalue weighted by atomic mass is 35.5. The summed E-state index contributed by atoms with van der Waals surface area (Å²) in [6.07, 6.45) is 4.66. The Morgan fingerprint density at radius 2 is 2.17 bits per heavy atom. The molecule has 2 aliphatic heterocycles. The normalized spacial score (nSPS) is 22.8. The summed E-state index contributed by atoms with van der Waals surface area (Å²) in [6, 6.07) is 4.13. The van der Waals surface area contributed by atoms with Crippen LogP contribution in [0, 0.1) is 0 Å². The number of hydrogen-bond acceptors (Lipinski definition) is 5. The van der Waals surface area contributed by atoms with Crippen LogP contribution in [0.5, 0.6) is 11.5 Å². The Kier molecular flexibility index (Phi) is 4.35. The first-order valence-corrected chi connectivity index (χ1v) is 8.50. The molecule has 3 heterocycles. The quantitative estimate of drug-likeness (QED) is 0.919. The van der Waals surface area contributed by atoms with Gasteiger partial charge in [0.1, 0.15) is 25.1 Å². The third-order valence-corrected chi connectivity index (χ3v) is 4.71. The lowest BCUT2D eigenvalue weighted by molar-refractivity contribution is 0.0893. The van der Waals surface area contributed by atoms with E-state index in [1.165, 1.54) is 0 Å². The van der Waals surface area contributed by atoms with Crippen molar-refractivity contribution in [2.24, 2.45) is 7.05 Å². The third-order valence-electron chi connectivity index (χ3n) is 4.43. The number of benzene rings is 1. The molecule has 0 aliphatic carbocycles. The molecule has 2 aromatic rings. The van der Waals surface area contributed by atoms with Crippen LogP contribution in [0.2, 0.25) is 5.02 Å². The number of aryl methyl sites for hydroxylation is 1. The molecule has 0 saturated carbocycles. The van der Waals surface area contributed by atoms with Crippen LogP contribution in [-0.2, 0) is 18.3 Å². The van der Waals surface area contributed by atoms with Crippen molar-refractivity contribution in [2.45, 2.75) is 25.1 Å². The summed E-state index contributed by atoms with van der Waals surface area (Å²) in [5.41, 5.74) is 1.06. The SMILES string of the molecule is Cn1ccnc1[C@H]1OCC[C@@H]1NCc1cc(Cl)c2c(c1)OCCO2. The molecular weight excluding hydrogens is 330 g/mol. The van der Waals surface area contributed by atoms with Crippen molar-refractivity contribution < 1.29 is 14.2 Å². The van der Waals surface area contributed by atoms with Crippen molar-refractivity contribution >= 4 is 11.6 Å². The molecule has 0 amide bonds. The standard InChI is InChI=1S/C17H20ClN3O3/c1-21-4-3-19-17(21)16-13(2-5-23-16)20-10-11-8-12(18)15-14(9-11)22-6-7-24-15/h3-4,8-9,13,16,20H,2,5-7,10H2,1H3/t13-,16-/m0/s1. The van der Waals surface area contributed by atoms with E-state index in [0.717, 1.165) is 24.4 Å². The summed E-state index contributed by atoms with van der Waals surface area (Å²) >= 11 is 6.30. The fourth-order valence-corrected chi connectivity index (χ4v) is 3.51. The van der Waals surface area contributed by atoms with Gasteiger partial charge >= 0.3 is 0 Å². The zero-order valence-electron chi connectivity index (χ0n) is 13.5. The van der Waals surface area contributed by atoms with Gasteiger partial charge in [0.2, 0.25) is 0 Å². The lowest BCUT2D eigenvalue weighted by atomic mass is 10.1. The first-order chi connectivity index (χ1) is 11.7. The molecule has 1 saturated heterocycles. The maximum absolute atomic E-state index is 6.30. The number of imidazole rings is 1. The van der Waals surface area contributed by atoms with Gasteiger partial charge < -0.3 is 24.1 Å². The van der Waals surface area contributed by atoms with Crippen LogP contribution in [0.25, 0.3) is 0 Å². The molecule has 0 radical (unpaired) electrons. The summed E-state index contributed by atoms with van der Waals surface area (Å²) in [5.74, 6) is 2.31. The molecule has 2 atom stereocenters. The molecule has 1 fully saturated rings. The number of hydrogen-bond donors (Lipinski definition) is 1. The molecule has 24 heavy (non-hydrogen) atoms. The number of fused-ring (bicyclic) bond motifs is 1. The van der Waals surface area contributed by atoms with Gasteiger partial charge in [0.25, 0.3) is 0 Å². The van der Waals surface area contributed by atoms with Crippen LogP contribution in [0.15, 0.2) is 24.5 Å². The maximum Gasteiger partial charge on any atom is 0.179 e. The summed E-state index contributed by atoms with van der Waals surface area (Å²) in [7, 11) is 1.99. The fourth-order valence-electron chi connectivity index (χ4n) is 3.22. The van der Waals surface area contributed by atoms with Crippen molar-refractivity contribution in [1.29, 1.82) is 0 Å². The number of nitrogens with one attached hydrogen (secondary N) is 1. The van der Waals surface area contributed by atoms with Gasteiger partial charge in [0.05, 0.1) is 5.02 Å². The highest BCUT2D eigenvalue weighted by molar-refractivity contribution is 6.32. The molecule has 7 heteroatoms. The summed E-state index contributed by atoms with van der Waals surface area (Å²) < 4.78 is 19.1. The highest BCUT2D eigenvalue weighted by Crippen LogP contribution is 2.38. The second-order valence-electron chi connectivity index (χ2n) is 6.07. The van der Waals surface area contributed by atoms with Gasteiger partial charge in [0, 0.05) is 38.6 Å². The summed E-state index contributed by atoms with van der Waals surface area (Å²) in [6.45, 7) is 2.51. The van der Waals surface area contributed by atoms with E-state index in [1.807, 2.05) is 29.9 Å². The van der Waals surface area contributed by atoms with Crippen molar-refractivity contribution in [3.8, 4) is 11.5 Å². The average molecular weight is 350 g/mol. The lowest BCUT2D eigenvalue weighted by Crippen LogP contribution is -2.32. The van der Waals surface area contributed by atoms with E-state index in [0.29, 0.717) is 36.3 Å². The van der Waals surface area contributed by atoms with Crippen LogP contribution in [-0.4, -0.2) is 35.4 Å². The Balaban J connectivity index is 1.47. The summed E-state index contributed by atoms with van der Waals surface area (Å²) in [4.78, 5) is 4.42. The fraction of sp³-hybridized carbons (Fsp3) is 0.471. The second kappa shape index (κ2) is 6.63. The molecule has 0 unspecified atom stereocenters. The van der Waals surface area contributed by atoms with Gasteiger partial charge in [-0.1, -0.05) is 11.6 Å². The Bertz CT molecular complexity index is 734. The van der Waals surface area contributed by atoms with E-state index < -0.39 is 0 Å². The first-order valence-electron chi connectivity index (χ1n) is 8.12. The van der Waals surface area contributed by atoms with Crippen LogP contribution >= 0.6 is 11.6 Å². The van der Waals surface area contributed by atoms with E-state index in [2.05, 4.69) is 10.3 Å². The minimum absolute atomic E-state index is 0.0299. The minimum atomic E-state index is -0.0299. The molecule has 6 nitrogen and oxygen atoms in total. The zero-order valence-corrected chi connectivity index (χ0v) is 14.3. The number of rotatable bonds is 4. The summed E-state index contributed by atoms with van der Waals surface area (Å²) in [5, 5.41) is 4.15. The molecule has 2 aliphatic rings. The Morgan fingerprint density at radius 3 is 3.00 bits per heavy atom. The van der Waals surface area contributed by atoms with Crippen molar-refractivity contribution in [3.63, 3.8) is 0 Å². The van der Waals surface area contributed by atoms with E-state index in [1.54, 1.807) is 6.20 Å². The Morgan fingerprint density at radius 1 is 1.29 bits per heavy atom. The van der Waals surface area contributed by atoms with Gasteiger partial charge in [-0.3, -0.25) is 0 Å². The molecule has 1 aromatic heterocycles. The van der Waals surface area contributed by atoms with Gasteiger partial charge in [0.15, 0.2) is 11.5 Å². The third kappa shape index (κ3) is 2.97. The van der Waals surface area contributed by atoms with Crippen LogP contribution in [0.4, 0.5) is 0 Å². The number of ether oxygens (including phenoxy) is 3. The maximum atomic E-state index is 6.30. The topological polar surface area (TPSA) is 57.5 Å². The van der Waals surface area contributed by atoms with Crippen molar-refractivity contribution in [1.82, 2.24) is 14.9 Å².